The maximum atomic E-state index is 12.8. The topological polar surface area (TPSA) is 61.0 Å². The molecule has 2 aromatic carbocycles. The van der Waals surface area contributed by atoms with Gasteiger partial charge in [0.15, 0.2) is 0 Å². The number of nitrogens with one attached hydrogen (secondary N) is 2. The molecular weight excluding hydrogens is 348 g/mol. The largest absolute Gasteiger partial charge is 0.342 e. The summed E-state index contributed by atoms with van der Waals surface area (Å²) in [4.78, 5) is 23.0. The minimum atomic E-state index is -0.0738. The number of benzene rings is 2. The molecule has 1 saturated heterocycles. The minimum absolute atomic E-state index is 0.0381. The Balaban J connectivity index is 1.49. The lowest BCUT2D eigenvalue weighted by molar-refractivity contribution is -0.120. The number of para-hydroxylation sites is 2. The van der Waals surface area contributed by atoms with E-state index >= 15 is 0 Å². The minimum Gasteiger partial charge on any atom is -0.342 e. The van der Waals surface area contributed by atoms with Gasteiger partial charge in [0.05, 0.1) is 17.0 Å². The zero-order valence-electron chi connectivity index (χ0n) is 14.6. The van der Waals surface area contributed by atoms with Crippen molar-refractivity contribution in [2.75, 3.05) is 23.3 Å². The molecule has 1 aliphatic rings. The molecule has 2 N–H and O–H groups in total. The van der Waals surface area contributed by atoms with Crippen molar-refractivity contribution in [2.24, 2.45) is 5.92 Å². The van der Waals surface area contributed by atoms with Crippen LogP contribution < -0.4 is 10.2 Å². The van der Waals surface area contributed by atoms with Gasteiger partial charge in [0.1, 0.15) is 0 Å². The third kappa shape index (κ3) is 3.40. The second-order valence-corrected chi connectivity index (χ2v) is 7.25. The number of aryl methyl sites for hydroxylation is 1. The molecule has 26 heavy (non-hydrogen) atoms. The van der Waals surface area contributed by atoms with Crippen molar-refractivity contribution in [1.82, 2.24) is 9.97 Å². The number of H-pyrrole nitrogens is 1. The number of aromatic nitrogens is 2. The fourth-order valence-electron chi connectivity index (χ4n) is 3.44. The van der Waals surface area contributed by atoms with E-state index in [-0.39, 0.29) is 11.8 Å². The molecule has 1 atom stereocenters. The molecule has 1 unspecified atom stereocenters. The van der Waals surface area contributed by atoms with E-state index in [1.54, 1.807) is 6.07 Å². The van der Waals surface area contributed by atoms with E-state index in [1.165, 1.54) is 0 Å². The summed E-state index contributed by atoms with van der Waals surface area (Å²) in [6, 6.07) is 13.5. The Morgan fingerprint density at radius 1 is 1.31 bits per heavy atom. The van der Waals surface area contributed by atoms with Gasteiger partial charge in [0, 0.05) is 23.8 Å². The molecule has 0 radical (unpaired) electrons. The molecule has 0 saturated carbocycles. The molecule has 0 spiro atoms. The lowest BCUT2D eigenvalue weighted by atomic mass is 9.97. The predicted molar refractivity (Wildman–Crippen MR) is 106 cm³/mol. The average Bonchev–Trinajstić information content (AvgIpc) is 3.09. The Morgan fingerprint density at radius 3 is 3.00 bits per heavy atom. The summed E-state index contributed by atoms with van der Waals surface area (Å²) in [5.74, 6) is 0.800. The normalized spacial score (nSPS) is 17.5. The van der Waals surface area contributed by atoms with E-state index in [1.807, 2.05) is 43.3 Å². The lowest BCUT2D eigenvalue weighted by Gasteiger charge is -2.31. The van der Waals surface area contributed by atoms with Crippen LogP contribution in [-0.2, 0) is 4.79 Å². The summed E-state index contributed by atoms with van der Waals surface area (Å²) in [5, 5.41) is 3.66. The highest BCUT2D eigenvalue weighted by Crippen LogP contribution is 2.26. The monoisotopic (exact) mass is 368 g/mol. The fraction of sp³-hybridized carbons (Fsp3) is 0.300. The standard InChI is InChI=1S/C20H21ClN4O/c1-13-8-9-15(21)11-18(13)22-19(26)14-5-4-10-25(12-14)20-23-16-6-2-3-7-17(16)24-20/h2-3,6-9,11,14H,4-5,10,12H2,1H3,(H,22,26)(H,23,24). The van der Waals surface area contributed by atoms with Gasteiger partial charge in [0.25, 0.3) is 0 Å². The number of fused-ring (bicyclic) bond motifs is 1. The summed E-state index contributed by atoms with van der Waals surface area (Å²) in [7, 11) is 0. The summed E-state index contributed by atoms with van der Waals surface area (Å²) >= 11 is 6.06. The third-order valence-corrected chi connectivity index (χ3v) is 5.16. The number of carbonyl (C=O) groups is 1. The molecule has 5 nitrogen and oxygen atoms in total. The van der Waals surface area contributed by atoms with E-state index in [9.17, 15) is 4.79 Å². The number of aromatic amines is 1. The molecule has 134 valence electrons. The van der Waals surface area contributed by atoms with E-state index in [0.717, 1.165) is 47.6 Å². The molecule has 4 rings (SSSR count). The molecule has 1 fully saturated rings. The second-order valence-electron chi connectivity index (χ2n) is 6.81. The van der Waals surface area contributed by atoms with Gasteiger partial charge in [-0.2, -0.15) is 0 Å². The Morgan fingerprint density at radius 2 is 2.15 bits per heavy atom. The Kier molecular flexibility index (Phi) is 4.55. The van der Waals surface area contributed by atoms with Gasteiger partial charge in [-0.1, -0.05) is 29.8 Å². The Bertz CT molecular complexity index is 919. The van der Waals surface area contributed by atoms with Gasteiger partial charge in [-0.3, -0.25) is 4.79 Å². The van der Waals surface area contributed by atoms with Gasteiger partial charge in [-0.25, -0.2) is 4.98 Å². The van der Waals surface area contributed by atoms with Gasteiger partial charge < -0.3 is 15.2 Å². The van der Waals surface area contributed by atoms with Crippen molar-refractivity contribution in [2.45, 2.75) is 19.8 Å². The van der Waals surface area contributed by atoms with Gasteiger partial charge in [0.2, 0.25) is 11.9 Å². The van der Waals surface area contributed by atoms with Crippen LogP contribution in [0.1, 0.15) is 18.4 Å². The SMILES string of the molecule is Cc1ccc(Cl)cc1NC(=O)C1CCCN(c2nc3ccccc3[nH]2)C1. The van der Waals surface area contributed by atoms with Gasteiger partial charge in [-0.15, -0.1) is 0 Å². The van der Waals surface area contributed by atoms with Crippen LogP contribution in [0.4, 0.5) is 11.6 Å². The van der Waals surface area contributed by atoms with Crippen LogP contribution in [0.25, 0.3) is 11.0 Å². The lowest BCUT2D eigenvalue weighted by Crippen LogP contribution is -2.41. The first-order valence-electron chi connectivity index (χ1n) is 8.87. The number of amides is 1. The molecular formula is C20H21ClN4O. The van der Waals surface area contributed by atoms with Crippen molar-refractivity contribution in [3.05, 3.63) is 53.1 Å². The smallest absolute Gasteiger partial charge is 0.229 e. The number of nitrogens with zero attached hydrogens (tertiary/aromatic N) is 2. The Hall–Kier alpha value is -2.53. The molecule has 1 amide bonds. The van der Waals surface area contributed by atoms with Crippen molar-refractivity contribution < 1.29 is 4.79 Å². The number of halogens is 1. The first-order valence-corrected chi connectivity index (χ1v) is 9.24. The number of piperidine rings is 1. The molecule has 1 aliphatic heterocycles. The number of imidazole rings is 1. The van der Waals surface area contributed by atoms with Crippen LogP contribution >= 0.6 is 11.6 Å². The predicted octanol–water partition coefficient (Wildman–Crippen LogP) is 4.38. The maximum absolute atomic E-state index is 12.8. The number of carbonyl (C=O) groups excluding carboxylic acids is 1. The molecule has 2 heterocycles. The highest BCUT2D eigenvalue weighted by Gasteiger charge is 2.27. The number of rotatable bonds is 3. The fourth-order valence-corrected chi connectivity index (χ4v) is 3.61. The Labute approximate surface area is 157 Å². The van der Waals surface area contributed by atoms with Crippen LogP contribution in [0.15, 0.2) is 42.5 Å². The summed E-state index contributed by atoms with van der Waals surface area (Å²) < 4.78 is 0. The maximum Gasteiger partial charge on any atom is 0.229 e. The third-order valence-electron chi connectivity index (χ3n) is 4.93. The van der Waals surface area contributed by atoms with Crippen LogP contribution in [0.5, 0.6) is 0 Å². The van der Waals surface area contributed by atoms with E-state index in [0.29, 0.717) is 11.6 Å². The molecule has 3 aromatic rings. The zero-order chi connectivity index (χ0) is 18.1. The number of hydrogen-bond donors (Lipinski definition) is 2. The molecule has 0 aliphatic carbocycles. The van der Waals surface area contributed by atoms with Crippen LogP contribution in [0, 0.1) is 12.8 Å². The van der Waals surface area contributed by atoms with E-state index in [2.05, 4.69) is 20.2 Å². The second kappa shape index (κ2) is 7.00. The highest BCUT2D eigenvalue weighted by atomic mass is 35.5. The number of hydrogen-bond acceptors (Lipinski definition) is 3. The van der Waals surface area contributed by atoms with Crippen LogP contribution in [0.2, 0.25) is 5.02 Å². The van der Waals surface area contributed by atoms with Crippen molar-refractivity contribution >= 4 is 40.2 Å². The highest BCUT2D eigenvalue weighted by molar-refractivity contribution is 6.31. The molecule has 0 bridgehead atoms. The van der Waals surface area contributed by atoms with Crippen molar-refractivity contribution in [3.8, 4) is 0 Å². The zero-order valence-corrected chi connectivity index (χ0v) is 15.4. The van der Waals surface area contributed by atoms with Crippen molar-refractivity contribution in [1.29, 1.82) is 0 Å². The molecule has 6 heteroatoms. The summed E-state index contributed by atoms with van der Waals surface area (Å²) in [6.07, 6.45) is 1.84. The molecule has 1 aromatic heterocycles. The summed E-state index contributed by atoms with van der Waals surface area (Å²) in [5.41, 5.74) is 3.75. The van der Waals surface area contributed by atoms with Gasteiger partial charge in [-0.05, 0) is 49.6 Å². The van der Waals surface area contributed by atoms with Crippen molar-refractivity contribution in [3.63, 3.8) is 0 Å². The number of anilines is 2. The first-order chi connectivity index (χ1) is 12.6. The quantitative estimate of drug-likeness (QED) is 0.721. The first kappa shape index (κ1) is 16.9. The van der Waals surface area contributed by atoms with Gasteiger partial charge >= 0.3 is 0 Å². The summed E-state index contributed by atoms with van der Waals surface area (Å²) in [6.45, 7) is 3.53. The van der Waals surface area contributed by atoms with Crippen LogP contribution in [-0.4, -0.2) is 29.0 Å². The van der Waals surface area contributed by atoms with E-state index in [4.69, 9.17) is 11.6 Å². The van der Waals surface area contributed by atoms with E-state index < -0.39 is 0 Å². The van der Waals surface area contributed by atoms with Crippen LogP contribution in [0.3, 0.4) is 0 Å². The average molecular weight is 369 g/mol.